The highest BCUT2D eigenvalue weighted by molar-refractivity contribution is 6.16. The highest BCUT2D eigenvalue weighted by Crippen LogP contribution is 2.46. The monoisotopic (exact) mass is 734 g/mol. The van der Waals surface area contributed by atoms with Crippen molar-refractivity contribution in [3.63, 3.8) is 0 Å². The molecule has 0 fully saturated rings. The highest BCUT2D eigenvalue weighted by atomic mass is 16.3. The van der Waals surface area contributed by atoms with Gasteiger partial charge in [0.1, 0.15) is 28.2 Å². The third-order valence-corrected chi connectivity index (χ3v) is 10.8. The van der Waals surface area contributed by atoms with Gasteiger partial charge in [0.2, 0.25) is 0 Å². The Bertz CT molecular complexity index is 3160. The van der Waals surface area contributed by atoms with Crippen LogP contribution in [0.1, 0.15) is 18.2 Å². The van der Waals surface area contributed by atoms with E-state index >= 15 is 0 Å². The lowest BCUT2D eigenvalue weighted by Gasteiger charge is -2.26. The van der Waals surface area contributed by atoms with Crippen molar-refractivity contribution in [1.29, 1.82) is 0 Å². The van der Waals surface area contributed by atoms with Gasteiger partial charge >= 0.3 is 0 Å². The lowest BCUT2D eigenvalue weighted by molar-refractivity contribution is 0.668. The maximum absolute atomic E-state index is 6.83. The minimum Gasteiger partial charge on any atom is -0.456 e. The zero-order chi connectivity index (χ0) is 37.7. The molecule has 3 aromatic heterocycles. The molecule has 0 aliphatic heterocycles. The molecule has 1 aliphatic carbocycles. The van der Waals surface area contributed by atoms with E-state index in [1.165, 1.54) is 5.56 Å². The average molecular weight is 735 g/mol. The van der Waals surface area contributed by atoms with E-state index in [0.717, 1.165) is 78.5 Å². The molecular formula is C51H34N4O2. The molecule has 0 radical (unpaired) electrons. The number of anilines is 3. The predicted molar refractivity (Wildman–Crippen MR) is 231 cm³/mol. The van der Waals surface area contributed by atoms with Gasteiger partial charge in [-0.2, -0.15) is 0 Å². The van der Waals surface area contributed by atoms with Gasteiger partial charge in [-0.15, -0.1) is 0 Å². The molecule has 6 nitrogen and oxygen atoms in total. The van der Waals surface area contributed by atoms with Gasteiger partial charge in [-0.1, -0.05) is 127 Å². The average Bonchev–Trinajstić information content (AvgIpc) is 3.86. The normalized spacial score (nSPS) is 13.9. The van der Waals surface area contributed by atoms with E-state index in [9.17, 15) is 0 Å². The Morgan fingerprint density at radius 1 is 0.491 bits per heavy atom. The summed E-state index contributed by atoms with van der Waals surface area (Å²) in [6.07, 6.45) is 9.25. The van der Waals surface area contributed by atoms with E-state index in [-0.39, 0.29) is 5.92 Å². The van der Waals surface area contributed by atoms with E-state index in [4.69, 9.17) is 23.8 Å². The fourth-order valence-corrected chi connectivity index (χ4v) is 8.06. The van der Waals surface area contributed by atoms with Gasteiger partial charge in [0.25, 0.3) is 0 Å². The first-order valence-electron chi connectivity index (χ1n) is 19.2. The van der Waals surface area contributed by atoms with Crippen LogP contribution in [0.15, 0.2) is 197 Å². The van der Waals surface area contributed by atoms with E-state index < -0.39 is 0 Å². The van der Waals surface area contributed by atoms with Crippen LogP contribution >= 0.6 is 0 Å². The van der Waals surface area contributed by atoms with Crippen LogP contribution in [0.4, 0.5) is 17.1 Å². The molecule has 57 heavy (non-hydrogen) atoms. The van der Waals surface area contributed by atoms with Crippen molar-refractivity contribution in [2.24, 2.45) is 0 Å². The van der Waals surface area contributed by atoms with Gasteiger partial charge in [-0.05, 0) is 78.2 Å². The molecule has 3 heterocycles. The Morgan fingerprint density at radius 3 is 1.93 bits per heavy atom. The number of fused-ring (bicyclic) bond motifs is 6. The SMILES string of the molecule is C1=CCC(c2nc(-c3ccc4c(c3)oc3ccccc34)nc(-c3ccc(N(c4ccccc4)c4ccc(-c5ccccc5)cc4)c4c3oc3ccccc34)n2)C=C1. The molecule has 0 spiro atoms. The molecule has 0 saturated carbocycles. The summed E-state index contributed by atoms with van der Waals surface area (Å²) in [6.45, 7) is 0. The number of hydrogen-bond donors (Lipinski definition) is 0. The molecule has 270 valence electrons. The Balaban J connectivity index is 1.11. The standard InChI is InChI=1S/C51H34N4O2/c1-4-14-33(15-5-1)34-24-27-38(28-25-34)55(37-18-8-3-9-19-37)43-31-30-42(48-47(43)41-21-11-13-23-45(41)57-48)51-53-49(35-16-6-2-7-17-35)52-50(54-51)36-26-29-40-39-20-10-12-22-44(39)56-46(40)32-36/h1-16,18-32,35H,17H2. The van der Waals surface area contributed by atoms with Crippen molar-refractivity contribution < 1.29 is 8.83 Å². The van der Waals surface area contributed by atoms with Crippen LogP contribution in [0.25, 0.3) is 77.8 Å². The molecule has 0 N–H and O–H groups in total. The molecule has 10 aromatic rings. The summed E-state index contributed by atoms with van der Waals surface area (Å²) in [5.41, 5.74) is 10.2. The second-order valence-corrected chi connectivity index (χ2v) is 14.3. The molecule has 7 aromatic carbocycles. The van der Waals surface area contributed by atoms with Crippen molar-refractivity contribution in [2.45, 2.75) is 12.3 Å². The number of benzene rings is 7. The van der Waals surface area contributed by atoms with Crippen molar-refractivity contribution in [2.75, 3.05) is 4.90 Å². The summed E-state index contributed by atoms with van der Waals surface area (Å²) >= 11 is 0. The van der Waals surface area contributed by atoms with Crippen LogP contribution in [0.2, 0.25) is 0 Å². The maximum Gasteiger partial charge on any atom is 0.167 e. The lowest BCUT2D eigenvalue weighted by Crippen LogP contribution is -2.11. The van der Waals surface area contributed by atoms with Gasteiger partial charge in [0, 0.05) is 39.0 Å². The zero-order valence-electron chi connectivity index (χ0n) is 30.8. The number of para-hydroxylation sites is 3. The van der Waals surface area contributed by atoms with Crippen LogP contribution in [0, 0.1) is 0 Å². The summed E-state index contributed by atoms with van der Waals surface area (Å²) in [7, 11) is 0. The van der Waals surface area contributed by atoms with Gasteiger partial charge in [0.15, 0.2) is 11.6 Å². The third kappa shape index (κ3) is 5.78. The Labute approximate surface area is 328 Å². The second kappa shape index (κ2) is 13.6. The quantitative estimate of drug-likeness (QED) is 0.162. The first-order valence-corrected chi connectivity index (χ1v) is 19.2. The predicted octanol–water partition coefficient (Wildman–Crippen LogP) is 13.7. The smallest absolute Gasteiger partial charge is 0.167 e. The number of aromatic nitrogens is 3. The maximum atomic E-state index is 6.83. The molecular weight excluding hydrogens is 701 g/mol. The van der Waals surface area contributed by atoms with Crippen LogP contribution in [0.3, 0.4) is 0 Å². The van der Waals surface area contributed by atoms with E-state index in [2.05, 4.69) is 144 Å². The largest absolute Gasteiger partial charge is 0.456 e. The van der Waals surface area contributed by atoms with Crippen molar-refractivity contribution in [1.82, 2.24) is 15.0 Å². The summed E-state index contributed by atoms with van der Waals surface area (Å²) in [4.78, 5) is 17.8. The number of hydrogen-bond acceptors (Lipinski definition) is 6. The topological polar surface area (TPSA) is 68.2 Å². The minimum atomic E-state index is 0.00305. The van der Waals surface area contributed by atoms with E-state index in [1.807, 2.05) is 48.5 Å². The zero-order valence-corrected chi connectivity index (χ0v) is 30.8. The van der Waals surface area contributed by atoms with Crippen LogP contribution in [-0.2, 0) is 0 Å². The first kappa shape index (κ1) is 32.8. The van der Waals surface area contributed by atoms with E-state index in [0.29, 0.717) is 23.1 Å². The van der Waals surface area contributed by atoms with Crippen molar-refractivity contribution in [3.05, 3.63) is 194 Å². The van der Waals surface area contributed by atoms with Gasteiger partial charge in [-0.25, -0.2) is 15.0 Å². The number of furan rings is 2. The summed E-state index contributed by atoms with van der Waals surface area (Å²) in [5.74, 6) is 1.84. The van der Waals surface area contributed by atoms with Gasteiger partial charge in [-0.3, -0.25) is 0 Å². The summed E-state index contributed by atoms with van der Waals surface area (Å²) < 4.78 is 13.1. The van der Waals surface area contributed by atoms with Crippen LogP contribution in [0.5, 0.6) is 0 Å². The summed E-state index contributed by atoms with van der Waals surface area (Å²) in [6, 6.07) is 56.5. The molecule has 1 atom stereocenters. The minimum absolute atomic E-state index is 0.00305. The molecule has 0 saturated heterocycles. The fourth-order valence-electron chi connectivity index (χ4n) is 8.06. The molecule has 1 unspecified atom stereocenters. The molecule has 0 bridgehead atoms. The highest BCUT2D eigenvalue weighted by Gasteiger charge is 2.25. The molecule has 1 aliphatic rings. The number of nitrogens with zero attached hydrogens (tertiary/aromatic N) is 4. The number of allylic oxidation sites excluding steroid dienone is 4. The molecule has 6 heteroatoms. The Hall–Kier alpha value is -7.57. The lowest BCUT2D eigenvalue weighted by atomic mass is 9.99. The van der Waals surface area contributed by atoms with Gasteiger partial charge in [0.05, 0.1) is 16.6 Å². The van der Waals surface area contributed by atoms with Crippen molar-refractivity contribution >= 4 is 60.9 Å². The molecule has 11 rings (SSSR count). The van der Waals surface area contributed by atoms with E-state index in [1.54, 1.807) is 0 Å². The first-order chi connectivity index (χ1) is 28.2. The fraction of sp³-hybridized carbons (Fsp3) is 0.0392. The Morgan fingerprint density at radius 2 is 1.14 bits per heavy atom. The van der Waals surface area contributed by atoms with Crippen LogP contribution in [-0.4, -0.2) is 15.0 Å². The number of rotatable bonds is 7. The molecule has 0 amide bonds. The second-order valence-electron chi connectivity index (χ2n) is 14.3. The Kier molecular flexibility index (Phi) is 7.84. The van der Waals surface area contributed by atoms with Crippen molar-refractivity contribution in [3.8, 4) is 33.9 Å². The summed E-state index contributed by atoms with van der Waals surface area (Å²) in [5, 5.41) is 4.13. The third-order valence-electron chi connectivity index (χ3n) is 10.8. The van der Waals surface area contributed by atoms with Gasteiger partial charge < -0.3 is 13.7 Å². The van der Waals surface area contributed by atoms with Crippen LogP contribution < -0.4 is 4.90 Å².